The second-order valence-corrected chi connectivity index (χ2v) is 6.56. The molecule has 2 aliphatic rings. The Kier molecular flexibility index (Phi) is 4.96. The van der Waals surface area contributed by atoms with Crippen LogP contribution in [0.3, 0.4) is 0 Å². The number of anilines is 2. The maximum Gasteiger partial charge on any atom is 0.238 e. The van der Waals surface area contributed by atoms with E-state index in [-0.39, 0.29) is 11.8 Å². The van der Waals surface area contributed by atoms with Crippen LogP contribution in [-0.2, 0) is 9.59 Å². The maximum atomic E-state index is 12.3. The minimum absolute atomic E-state index is 0.0173. The molecule has 0 bridgehead atoms. The quantitative estimate of drug-likeness (QED) is 0.929. The fraction of sp³-hybridized carbons (Fsp3) is 0.556. The molecular formula is C18H25N3O2. The van der Waals surface area contributed by atoms with Crippen LogP contribution >= 0.6 is 0 Å². The Morgan fingerprint density at radius 2 is 2.13 bits per heavy atom. The van der Waals surface area contributed by atoms with Gasteiger partial charge in [-0.15, -0.1) is 0 Å². The summed E-state index contributed by atoms with van der Waals surface area (Å²) in [5.41, 5.74) is 1.63. The average Bonchev–Trinajstić information content (AvgIpc) is 2.96. The number of piperidine rings is 1. The summed E-state index contributed by atoms with van der Waals surface area (Å²) in [6.45, 7) is 4.39. The van der Waals surface area contributed by atoms with Crippen LogP contribution < -0.4 is 10.2 Å². The van der Waals surface area contributed by atoms with E-state index in [1.165, 1.54) is 19.3 Å². The summed E-state index contributed by atoms with van der Waals surface area (Å²) in [5.74, 6) is 0.180. The van der Waals surface area contributed by atoms with E-state index in [0.29, 0.717) is 19.0 Å². The van der Waals surface area contributed by atoms with Gasteiger partial charge in [-0.25, -0.2) is 0 Å². The van der Waals surface area contributed by atoms with E-state index in [0.717, 1.165) is 30.9 Å². The Morgan fingerprint density at radius 3 is 2.87 bits per heavy atom. The molecule has 0 aromatic heterocycles. The third kappa shape index (κ3) is 3.91. The van der Waals surface area contributed by atoms with Crippen molar-refractivity contribution >= 4 is 23.2 Å². The lowest BCUT2D eigenvalue weighted by molar-refractivity contribution is -0.118. The molecule has 0 aliphatic carbocycles. The van der Waals surface area contributed by atoms with Gasteiger partial charge in [-0.2, -0.15) is 0 Å². The highest BCUT2D eigenvalue weighted by atomic mass is 16.2. The summed E-state index contributed by atoms with van der Waals surface area (Å²) < 4.78 is 0. The van der Waals surface area contributed by atoms with Gasteiger partial charge in [0.05, 0.1) is 6.54 Å². The highest BCUT2D eigenvalue weighted by Crippen LogP contribution is 2.24. The zero-order chi connectivity index (χ0) is 16.2. The van der Waals surface area contributed by atoms with E-state index in [4.69, 9.17) is 0 Å². The number of hydrogen-bond acceptors (Lipinski definition) is 3. The second-order valence-electron chi connectivity index (χ2n) is 6.56. The van der Waals surface area contributed by atoms with Gasteiger partial charge in [0.25, 0.3) is 0 Å². The van der Waals surface area contributed by atoms with E-state index in [1.807, 2.05) is 24.3 Å². The highest BCUT2D eigenvalue weighted by molar-refractivity contribution is 5.97. The molecule has 2 saturated heterocycles. The number of carbonyl (C=O) groups excluding carboxylic acids is 2. The maximum absolute atomic E-state index is 12.3. The Morgan fingerprint density at radius 1 is 1.26 bits per heavy atom. The number of likely N-dealkylation sites (tertiary alicyclic amines) is 1. The first-order chi connectivity index (χ1) is 11.1. The first-order valence-electron chi connectivity index (χ1n) is 8.58. The number of nitrogens with zero attached hydrogens (tertiary/aromatic N) is 2. The first kappa shape index (κ1) is 16.0. The Balaban J connectivity index is 1.61. The summed E-state index contributed by atoms with van der Waals surface area (Å²) in [7, 11) is 0. The van der Waals surface area contributed by atoms with Gasteiger partial charge in [0, 0.05) is 30.4 Å². The minimum atomic E-state index is 0.0173. The lowest BCUT2D eigenvalue weighted by atomic mass is 10.0. The normalized spacial score (nSPS) is 22.4. The predicted octanol–water partition coefficient (Wildman–Crippen LogP) is 2.63. The molecule has 2 fully saturated rings. The molecule has 23 heavy (non-hydrogen) atoms. The van der Waals surface area contributed by atoms with Crippen molar-refractivity contribution in [3.63, 3.8) is 0 Å². The fourth-order valence-electron chi connectivity index (χ4n) is 3.45. The van der Waals surface area contributed by atoms with Crippen molar-refractivity contribution in [1.82, 2.24) is 4.90 Å². The van der Waals surface area contributed by atoms with E-state index < -0.39 is 0 Å². The molecule has 5 heteroatoms. The topological polar surface area (TPSA) is 52.7 Å². The van der Waals surface area contributed by atoms with Crippen LogP contribution in [0, 0.1) is 0 Å². The van der Waals surface area contributed by atoms with Crippen LogP contribution in [-0.4, -0.2) is 42.4 Å². The molecule has 0 radical (unpaired) electrons. The fourth-order valence-corrected chi connectivity index (χ4v) is 3.45. The van der Waals surface area contributed by atoms with Crippen molar-refractivity contribution in [3.05, 3.63) is 24.3 Å². The van der Waals surface area contributed by atoms with Crippen molar-refractivity contribution in [2.45, 2.75) is 45.1 Å². The Bertz CT molecular complexity index is 587. The number of amides is 2. The summed E-state index contributed by atoms with van der Waals surface area (Å²) in [6, 6.07) is 8.05. The molecule has 1 unspecified atom stereocenters. The predicted molar refractivity (Wildman–Crippen MR) is 91.5 cm³/mol. The average molecular weight is 315 g/mol. The Hall–Kier alpha value is -1.88. The zero-order valence-corrected chi connectivity index (χ0v) is 13.8. The molecule has 2 aliphatic heterocycles. The lowest BCUT2D eigenvalue weighted by Crippen LogP contribution is -2.42. The summed E-state index contributed by atoms with van der Waals surface area (Å²) in [6.07, 6.45) is 5.11. The van der Waals surface area contributed by atoms with Gasteiger partial charge in [-0.3, -0.25) is 14.5 Å². The molecule has 1 atom stereocenters. The molecule has 1 aromatic carbocycles. The highest BCUT2D eigenvalue weighted by Gasteiger charge is 2.23. The van der Waals surface area contributed by atoms with Gasteiger partial charge < -0.3 is 10.2 Å². The molecule has 0 saturated carbocycles. The van der Waals surface area contributed by atoms with Gasteiger partial charge in [0.15, 0.2) is 0 Å². The zero-order valence-electron chi connectivity index (χ0n) is 13.8. The van der Waals surface area contributed by atoms with Gasteiger partial charge in [-0.05, 0) is 50.9 Å². The van der Waals surface area contributed by atoms with Crippen LogP contribution in [0.5, 0.6) is 0 Å². The van der Waals surface area contributed by atoms with E-state index in [1.54, 1.807) is 4.90 Å². The van der Waals surface area contributed by atoms with Crippen molar-refractivity contribution in [2.75, 3.05) is 29.9 Å². The largest absolute Gasteiger partial charge is 0.325 e. The third-order valence-corrected chi connectivity index (χ3v) is 4.80. The van der Waals surface area contributed by atoms with Gasteiger partial charge >= 0.3 is 0 Å². The molecule has 0 spiro atoms. The van der Waals surface area contributed by atoms with Crippen LogP contribution in [0.1, 0.15) is 39.0 Å². The molecule has 5 nitrogen and oxygen atoms in total. The van der Waals surface area contributed by atoms with Gasteiger partial charge in [0.2, 0.25) is 11.8 Å². The standard InChI is InChI=1S/C18H25N3O2/c1-14-6-2-3-10-20(14)13-17(22)19-15-7-4-8-16(12-15)21-11-5-9-18(21)23/h4,7-8,12,14H,2-3,5-6,9-11,13H2,1H3,(H,19,22). The summed E-state index contributed by atoms with van der Waals surface area (Å²) in [5, 5.41) is 2.97. The van der Waals surface area contributed by atoms with Crippen LogP contribution in [0.2, 0.25) is 0 Å². The Labute approximate surface area is 137 Å². The van der Waals surface area contributed by atoms with Gasteiger partial charge in [0.1, 0.15) is 0 Å². The van der Waals surface area contributed by atoms with Crippen LogP contribution in [0.4, 0.5) is 11.4 Å². The summed E-state index contributed by atoms with van der Waals surface area (Å²) in [4.78, 5) is 28.2. The van der Waals surface area contributed by atoms with E-state index in [2.05, 4.69) is 17.1 Å². The molecule has 1 aromatic rings. The molecule has 3 rings (SSSR count). The van der Waals surface area contributed by atoms with Gasteiger partial charge in [-0.1, -0.05) is 12.5 Å². The van der Waals surface area contributed by atoms with Crippen molar-refractivity contribution in [3.8, 4) is 0 Å². The molecule has 2 heterocycles. The van der Waals surface area contributed by atoms with Crippen LogP contribution in [0.15, 0.2) is 24.3 Å². The monoisotopic (exact) mass is 315 g/mol. The number of benzene rings is 1. The van der Waals surface area contributed by atoms with Crippen molar-refractivity contribution in [1.29, 1.82) is 0 Å². The van der Waals surface area contributed by atoms with E-state index >= 15 is 0 Å². The molecule has 2 amide bonds. The lowest BCUT2D eigenvalue weighted by Gasteiger charge is -2.32. The van der Waals surface area contributed by atoms with Crippen molar-refractivity contribution in [2.24, 2.45) is 0 Å². The SMILES string of the molecule is CC1CCCCN1CC(=O)Nc1cccc(N2CCCC2=O)c1. The number of hydrogen-bond donors (Lipinski definition) is 1. The first-order valence-corrected chi connectivity index (χ1v) is 8.58. The molecule has 1 N–H and O–H groups in total. The molecular weight excluding hydrogens is 290 g/mol. The second kappa shape index (κ2) is 7.13. The number of carbonyl (C=O) groups is 2. The number of nitrogens with one attached hydrogen (secondary N) is 1. The number of rotatable bonds is 4. The smallest absolute Gasteiger partial charge is 0.238 e. The van der Waals surface area contributed by atoms with Crippen molar-refractivity contribution < 1.29 is 9.59 Å². The summed E-state index contributed by atoms with van der Waals surface area (Å²) >= 11 is 0. The van der Waals surface area contributed by atoms with E-state index in [9.17, 15) is 9.59 Å². The minimum Gasteiger partial charge on any atom is -0.325 e. The molecule has 124 valence electrons. The van der Waals surface area contributed by atoms with Crippen LogP contribution in [0.25, 0.3) is 0 Å². The third-order valence-electron chi connectivity index (χ3n) is 4.80.